The Morgan fingerprint density at radius 3 is 2.22 bits per heavy atom. The average molecular weight is 323 g/mol. The Morgan fingerprint density at radius 2 is 1.74 bits per heavy atom. The second kappa shape index (κ2) is 7.75. The molecular weight excluding hydrogens is 298 g/mol. The molecule has 0 saturated carbocycles. The monoisotopic (exact) mass is 323 g/mol. The Bertz CT molecular complexity index is 592. The molecule has 8 heteroatoms. The molecule has 0 spiro atoms. The molecule has 0 aliphatic rings. The minimum Gasteiger partial charge on any atom is -0.367 e. The van der Waals surface area contributed by atoms with Gasteiger partial charge in [-0.2, -0.15) is 5.10 Å². The number of nitrogens with one attached hydrogen (secondary N) is 1. The molecule has 0 bridgehead atoms. The zero-order valence-corrected chi connectivity index (χ0v) is 14.0. The normalized spacial score (nSPS) is 11.0. The van der Waals surface area contributed by atoms with Crippen LogP contribution in [0.15, 0.2) is 0 Å². The quantitative estimate of drug-likeness (QED) is 0.558. The predicted molar refractivity (Wildman–Crippen MR) is 85.2 cm³/mol. The molecule has 0 aromatic carbocycles. The molecule has 23 heavy (non-hydrogen) atoms. The van der Waals surface area contributed by atoms with Gasteiger partial charge in [-0.1, -0.05) is 13.8 Å². The number of hydrogen-bond donors (Lipinski definition) is 3. The highest BCUT2D eigenvalue weighted by atomic mass is 16.2. The minimum atomic E-state index is -1.48. The van der Waals surface area contributed by atoms with E-state index in [1.807, 2.05) is 18.5 Å². The molecule has 128 valence electrons. The Labute approximate surface area is 135 Å². The van der Waals surface area contributed by atoms with E-state index in [1.165, 1.54) is 0 Å². The van der Waals surface area contributed by atoms with E-state index >= 15 is 0 Å². The SMILES string of the molecule is Cc1nn(CC(C)C)c(C)c1CCC(=O)NC(C(N)=O)C(N)=O. The maximum absolute atomic E-state index is 11.9. The number of aromatic nitrogens is 2. The van der Waals surface area contributed by atoms with Crippen molar-refractivity contribution in [3.05, 3.63) is 17.0 Å². The number of primary amides is 2. The van der Waals surface area contributed by atoms with E-state index in [0.29, 0.717) is 12.3 Å². The summed E-state index contributed by atoms with van der Waals surface area (Å²) in [6, 6.07) is -1.48. The fourth-order valence-corrected chi connectivity index (χ4v) is 2.37. The van der Waals surface area contributed by atoms with Crippen molar-refractivity contribution in [1.82, 2.24) is 15.1 Å². The van der Waals surface area contributed by atoms with Crippen LogP contribution in [0.1, 0.15) is 37.2 Å². The first kappa shape index (κ1) is 18.7. The summed E-state index contributed by atoms with van der Waals surface area (Å²) in [4.78, 5) is 34.0. The first-order chi connectivity index (χ1) is 10.6. The van der Waals surface area contributed by atoms with Crippen LogP contribution in [0.5, 0.6) is 0 Å². The number of carbonyl (C=O) groups is 3. The highest BCUT2D eigenvalue weighted by molar-refractivity contribution is 6.05. The molecule has 1 aromatic heterocycles. The third-order valence-corrected chi connectivity index (χ3v) is 3.55. The van der Waals surface area contributed by atoms with Crippen molar-refractivity contribution < 1.29 is 14.4 Å². The molecule has 0 aliphatic carbocycles. The first-order valence-corrected chi connectivity index (χ1v) is 7.54. The van der Waals surface area contributed by atoms with Crippen molar-refractivity contribution >= 4 is 17.7 Å². The number of aryl methyl sites for hydroxylation is 1. The van der Waals surface area contributed by atoms with Gasteiger partial charge in [0.2, 0.25) is 17.7 Å². The van der Waals surface area contributed by atoms with E-state index in [4.69, 9.17) is 11.5 Å². The van der Waals surface area contributed by atoms with Crippen molar-refractivity contribution in [3.8, 4) is 0 Å². The van der Waals surface area contributed by atoms with Gasteiger partial charge in [-0.05, 0) is 31.7 Å². The lowest BCUT2D eigenvalue weighted by molar-refractivity contribution is -0.133. The fraction of sp³-hybridized carbons (Fsp3) is 0.600. The van der Waals surface area contributed by atoms with Crippen molar-refractivity contribution in [2.45, 2.75) is 53.1 Å². The van der Waals surface area contributed by atoms with Gasteiger partial charge in [0.25, 0.3) is 0 Å². The summed E-state index contributed by atoms with van der Waals surface area (Å²) in [5.74, 6) is -1.93. The zero-order chi connectivity index (χ0) is 17.7. The fourth-order valence-electron chi connectivity index (χ4n) is 2.37. The summed E-state index contributed by atoms with van der Waals surface area (Å²) >= 11 is 0. The summed E-state index contributed by atoms with van der Waals surface area (Å²) < 4.78 is 1.93. The van der Waals surface area contributed by atoms with E-state index in [1.54, 1.807) is 0 Å². The van der Waals surface area contributed by atoms with Crippen molar-refractivity contribution in [2.24, 2.45) is 17.4 Å². The topological polar surface area (TPSA) is 133 Å². The highest BCUT2D eigenvalue weighted by Gasteiger charge is 2.24. The molecule has 0 aliphatic heterocycles. The Balaban J connectivity index is 2.71. The van der Waals surface area contributed by atoms with Crippen LogP contribution in [0, 0.1) is 19.8 Å². The van der Waals surface area contributed by atoms with E-state index in [9.17, 15) is 14.4 Å². The van der Waals surface area contributed by atoms with Crippen LogP contribution >= 0.6 is 0 Å². The Hall–Kier alpha value is -2.38. The second-order valence-electron chi connectivity index (χ2n) is 6.03. The molecule has 5 N–H and O–H groups in total. The van der Waals surface area contributed by atoms with Gasteiger partial charge >= 0.3 is 0 Å². The number of amides is 3. The van der Waals surface area contributed by atoms with E-state index in [-0.39, 0.29) is 6.42 Å². The number of rotatable bonds is 8. The minimum absolute atomic E-state index is 0.117. The summed E-state index contributed by atoms with van der Waals surface area (Å²) in [5, 5.41) is 6.73. The number of nitrogens with zero attached hydrogens (tertiary/aromatic N) is 2. The van der Waals surface area contributed by atoms with Gasteiger partial charge in [0.05, 0.1) is 5.69 Å². The van der Waals surface area contributed by atoms with E-state index in [2.05, 4.69) is 24.3 Å². The molecule has 1 rings (SSSR count). The van der Waals surface area contributed by atoms with Gasteiger partial charge in [-0.3, -0.25) is 19.1 Å². The van der Waals surface area contributed by atoms with Gasteiger partial charge in [-0.15, -0.1) is 0 Å². The van der Waals surface area contributed by atoms with Crippen LogP contribution < -0.4 is 16.8 Å². The van der Waals surface area contributed by atoms with Crippen LogP contribution in [0.3, 0.4) is 0 Å². The van der Waals surface area contributed by atoms with Crippen molar-refractivity contribution in [1.29, 1.82) is 0 Å². The first-order valence-electron chi connectivity index (χ1n) is 7.54. The average Bonchev–Trinajstić information content (AvgIpc) is 2.67. The molecule has 1 aromatic rings. The molecule has 8 nitrogen and oxygen atoms in total. The third kappa shape index (κ3) is 5.08. The Morgan fingerprint density at radius 1 is 1.17 bits per heavy atom. The van der Waals surface area contributed by atoms with Crippen molar-refractivity contribution in [2.75, 3.05) is 0 Å². The van der Waals surface area contributed by atoms with Gasteiger partial charge < -0.3 is 16.8 Å². The standard InChI is InChI=1S/C15H25N5O3/c1-8(2)7-20-10(4)11(9(3)19-20)5-6-12(21)18-13(14(16)22)15(17)23/h8,13H,5-7H2,1-4H3,(H2,16,22)(H2,17,23)(H,18,21). The molecule has 0 fully saturated rings. The Kier molecular flexibility index (Phi) is 6.29. The van der Waals surface area contributed by atoms with Crippen LogP contribution in [0.25, 0.3) is 0 Å². The summed E-state index contributed by atoms with van der Waals surface area (Å²) in [6.45, 7) is 8.89. The molecule has 0 radical (unpaired) electrons. The molecule has 0 unspecified atom stereocenters. The van der Waals surface area contributed by atoms with E-state index in [0.717, 1.165) is 23.5 Å². The van der Waals surface area contributed by atoms with Crippen LogP contribution in [0.4, 0.5) is 0 Å². The number of carbonyl (C=O) groups excluding carboxylic acids is 3. The molecular formula is C15H25N5O3. The second-order valence-corrected chi connectivity index (χ2v) is 6.03. The maximum atomic E-state index is 11.9. The summed E-state index contributed by atoms with van der Waals surface area (Å²) in [5.41, 5.74) is 12.9. The highest BCUT2D eigenvalue weighted by Crippen LogP contribution is 2.16. The predicted octanol–water partition coefficient (Wildman–Crippen LogP) is -0.456. The van der Waals surface area contributed by atoms with Gasteiger partial charge in [-0.25, -0.2) is 0 Å². The lowest BCUT2D eigenvalue weighted by Crippen LogP contribution is -2.52. The largest absolute Gasteiger partial charge is 0.367 e. The van der Waals surface area contributed by atoms with Crippen LogP contribution in [0.2, 0.25) is 0 Å². The van der Waals surface area contributed by atoms with Gasteiger partial charge in [0.15, 0.2) is 6.04 Å². The molecule has 3 amide bonds. The van der Waals surface area contributed by atoms with Crippen LogP contribution in [-0.4, -0.2) is 33.5 Å². The maximum Gasteiger partial charge on any atom is 0.249 e. The van der Waals surface area contributed by atoms with Gasteiger partial charge in [0.1, 0.15) is 0 Å². The number of nitrogens with two attached hydrogens (primary N) is 2. The third-order valence-electron chi connectivity index (χ3n) is 3.55. The molecule has 0 saturated heterocycles. The molecule has 0 atom stereocenters. The van der Waals surface area contributed by atoms with Crippen LogP contribution in [-0.2, 0) is 27.3 Å². The lowest BCUT2D eigenvalue weighted by atomic mass is 10.1. The van der Waals surface area contributed by atoms with E-state index < -0.39 is 23.8 Å². The number of hydrogen-bond acceptors (Lipinski definition) is 4. The summed E-state index contributed by atoms with van der Waals surface area (Å²) in [7, 11) is 0. The van der Waals surface area contributed by atoms with Gasteiger partial charge in [0, 0.05) is 18.7 Å². The zero-order valence-electron chi connectivity index (χ0n) is 14.0. The lowest BCUT2D eigenvalue weighted by Gasteiger charge is -2.12. The molecule has 1 heterocycles. The van der Waals surface area contributed by atoms with Crippen molar-refractivity contribution in [3.63, 3.8) is 0 Å². The smallest absolute Gasteiger partial charge is 0.249 e. The summed E-state index contributed by atoms with van der Waals surface area (Å²) in [6.07, 6.45) is 0.581.